The molecule has 0 spiro atoms. The summed E-state index contributed by atoms with van der Waals surface area (Å²) in [6, 6.07) is 4.72. The van der Waals surface area contributed by atoms with Crippen LogP contribution in [0.2, 0.25) is 0 Å². The van der Waals surface area contributed by atoms with Gasteiger partial charge in [0.05, 0.1) is 0 Å². The van der Waals surface area contributed by atoms with Crippen molar-refractivity contribution in [1.29, 1.82) is 0 Å². The van der Waals surface area contributed by atoms with Gasteiger partial charge in [0, 0.05) is 24.7 Å². The van der Waals surface area contributed by atoms with Crippen molar-refractivity contribution >= 4 is 0 Å². The molecule has 0 saturated carbocycles. The van der Waals surface area contributed by atoms with E-state index in [1.807, 2.05) is 0 Å². The van der Waals surface area contributed by atoms with E-state index in [4.69, 9.17) is 5.73 Å². The third-order valence-electron chi connectivity index (χ3n) is 3.53. The maximum Gasteiger partial charge on any atom is 0.163 e. The third kappa shape index (κ3) is 2.64. The lowest BCUT2D eigenvalue weighted by Crippen LogP contribution is -2.27. The van der Waals surface area contributed by atoms with Crippen LogP contribution in [-0.4, -0.2) is 24.0 Å². The van der Waals surface area contributed by atoms with Crippen LogP contribution in [0.4, 0.5) is 8.78 Å². The summed E-state index contributed by atoms with van der Waals surface area (Å²) in [6.07, 6.45) is 1.04. The highest BCUT2D eigenvalue weighted by molar-refractivity contribution is 5.19. The van der Waals surface area contributed by atoms with Gasteiger partial charge in [-0.25, -0.2) is 8.78 Å². The van der Waals surface area contributed by atoms with Crippen molar-refractivity contribution < 1.29 is 8.78 Å². The molecule has 2 rings (SSSR count). The average molecular weight is 240 g/mol. The number of nitrogens with two attached hydrogens (primary N) is 1. The van der Waals surface area contributed by atoms with Gasteiger partial charge in [-0.3, -0.25) is 4.90 Å². The quantitative estimate of drug-likeness (QED) is 0.877. The number of likely N-dealkylation sites (tertiary alicyclic amines) is 1. The van der Waals surface area contributed by atoms with Crippen LogP contribution in [0.3, 0.4) is 0 Å². The average Bonchev–Trinajstić information content (AvgIpc) is 2.66. The Morgan fingerprint density at radius 3 is 2.82 bits per heavy atom. The number of nitrogens with zero attached hydrogens (tertiary/aromatic N) is 1. The lowest BCUT2D eigenvalue weighted by molar-refractivity contribution is 0.251. The van der Waals surface area contributed by atoms with E-state index in [9.17, 15) is 8.78 Å². The smallest absolute Gasteiger partial charge is 0.163 e. The van der Waals surface area contributed by atoms with Crippen molar-refractivity contribution in [2.24, 2.45) is 11.7 Å². The van der Waals surface area contributed by atoms with Crippen molar-refractivity contribution in [3.8, 4) is 0 Å². The molecule has 1 saturated heterocycles. The van der Waals surface area contributed by atoms with Crippen LogP contribution in [0.15, 0.2) is 18.2 Å². The first-order valence-corrected chi connectivity index (χ1v) is 5.98. The molecule has 1 fully saturated rings. The monoisotopic (exact) mass is 240 g/mol. The first-order valence-electron chi connectivity index (χ1n) is 5.98. The Morgan fingerprint density at radius 1 is 1.41 bits per heavy atom. The predicted molar refractivity (Wildman–Crippen MR) is 63.4 cm³/mol. The van der Waals surface area contributed by atoms with Gasteiger partial charge in [-0.15, -0.1) is 0 Å². The molecular formula is C13H18F2N2. The zero-order valence-electron chi connectivity index (χ0n) is 10.00. The molecule has 1 aromatic carbocycles. The predicted octanol–water partition coefficient (Wildman–Crippen LogP) is 2.13. The molecule has 2 nitrogen and oxygen atoms in total. The molecule has 4 heteroatoms. The maximum absolute atomic E-state index is 13.5. The highest BCUT2D eigenvalue weighted by atomic mass is 19.2. The minimum absolute atomic E-state index is 0.381. The molecule has 0 aromatic heterocycles. The van der Waals surface area contributed by atoms with Gasteiger partial charge in [0.15, 0.2) is 11.6 Å². The molecule has 1 aliphatic heterocycles. The molecule has 17 heavy (non-hydrogen) atoms. The van der Waals surface area contributed by atoms with Crippen LogP contribution < -0.4 is 5.73 Å². The van der Waals surface area contributed by atoms with Crippen LogP contribution in [0, 0.1) is 17.6 Å². The van der Waals surface area contributed by atoms with Crippen LogP contribution in [0.25, 0.3) is 0 Å². The summed E-state index contributed by atoms with van der Waals surface area (Å²) in [5.41, 5.74) is 6.07. The fourth-order valence-corrected chi connectivity index (χ4v) is 2.50. The fourth-order valence-electron chi connectivity index (χ4n) is 2.50. The second kappa shape index (κ2) is 5.10. The van der Waals surface area contributed by atoms with Crippen LogP contribution in [0.5, 0.6) is 0 Å². The molecule has 1 aliphatic rings. The number of hydrogen-bond acceptors (Lipinski definition) is 2. The maximum atomic E-state index is 13.5. The summed E-state index contributed by atoms with van der Waals surface area (Å²) in [5, 5.41) is 0. The standard InChI is InChI=1S/C13H18F2N2/c1-9-5-10(6-16)7-17(9)8-11-3-2-4-12(14)13(11)15/h2-4,9-10H,5-8,16H2,1H3. The molecule has 0 radical (unpaired) electrons. The Morgan fingerprint density at radius 2 is 2.18 bits per heavy atom. The van der Waals surface area contributed by atoms with E-state index in [2.05, 4.69) is 11.8 Å². The van der Waals surface area contributed by atoms with Crippen molar-refractivity contribution in [3.05, 3.63) is 35.4 Å². The lowest BCUT2D eigenvalue weighted by Gasteiger charge is -2.21. The Kier molecular flexibility index (Phi) is 3.74. The molecule has 0 aliphatic carbocycles. The third-order valence-corrected chi connectivity index (χ3v) is 3.53. The summed E-state index contributed by atoms with van der Waals surface area (Å²) >= 11 is 0. The topological polar surface area (TPSA) is 29.3 Å². The highest BCUT2D eigenvalue weighted by Crippen LogP contribution is 2.25. The van der Waals surface area contributed by atoms with Gasteiger partial charge < -0.3 is 5.73 Å². The van der Waals surface area contributed by atoms with Crippen LogP contribution >= 0.6 is 0 Å². The summed E-state index contributed by atoms with van der Waals surface area (Å²) in [5.74, 6) is -1.03. The van der Waals surface area contributed by atoms with Gasteiger partial charge in [-0.05, 0) is 31.9 Å². The number of halogens is 2. The number of rotatable bonds is 3. The van der Waals surface area contributed by atoms with Crippen molar-refractivity contribution in [2.45, 2.75) is 25.9 Å². The van der Waals surface area contributed by atoms with Crippen molar-refractivity contribution in [2.75, 3.05) is 13.1 Å². The lowest BCUT2D eigenvalue weighted by atomic mass is 10.1. The molecule has 2 N–H and O–H groups in total. The number of benzene rings is 1. The SMILES string of the molecule is CC1CC(CN)CN1Cc1cccc(F)c1F. The molecule has 1 aromatic rings. The van der Waals surface area contributed by atoms with E-state index < -0.39 is 11.6 Å². The molecule has 1 heterocycles. The van der Waals surface area contributed by atoms with Crippen LogP contribution in [-0.2, 0) is 6.54 Å². The summed E-state index contributed by atoms with van der Waals surface area (Å²) < 4.78 is 26.6. The molecule has 94 valence electrons. The number of hydrogen-bond donors (Lipinski definition) is 1. The van der Waals surface area contributed by atoms with Gasteiger partial charge in [0.25, 0.3) is 0 Å². The minimum Gasteiger partial charge on any atom is -0.330 e. The van der Waals surface area contributed by atoms with Gasteiger partial charge in [0.2, 0.25) is 0 Å². The highest BCUT2D eigenvalue weighted by Gasteiger charge is 2.28. The van der Waals surface area contributed by atoms with E-state index >= 15 is 0 Å². The van der Waals surface area contributed by atoms with E-state index in [-0.39, 0.29) is 0 Å². The molecule has 0 bridgehead atoms. The molecule has 2 atom stereocenters. The molecule has 2 unspecified atom stereocenters. The minimum atomic E-state index is -0.773. The van der Waals surface area contributed by atoms with Gasteiger partial charge >= 0.3 is 0 Å². The van der Waals surface area contributed by atoms with Gasteiger partial charge in [-0.2, -0.15) is 0 Å². The Hall–Kier alpha value is -1.00. The van der Waals surface area contributed by atoms with E-state index in [0.29, 0.717) is 30.6 Å². The largest absolute Gasteiger partial charge is 0.330 e. The Labute approximate surface area is 100 Å². The zero-order valence-corrected chi connectivity index (χ0v) is 10.00. The molecular weight excluding hydrogens is 222 g/mol. The Balaban J connectivity index is 2.08. The first-order chi connectivity index (χ1) is 8.11. The zero-order chi connectivity index (χ0) is 12.4. The van der Waals surface area contributed by atoms with Gasteiger partial charge in [0.1, 0.15) is 0 Å². The second-order valence-corrected chi connectivity index (χ2v) is 4.83. The molecule has 0 amide bonds. The van der Waals surface area contributed by atoms with E-state index in [1.165, 1.54) is 0 Å². The second-order valence-electron chi connectivity index (χ2n) is 4.83. The van der Waals surface area contributed by atoms with Gasteiger partial charge in [-0.1, -0.05) is 12.1 Å². The van der Waals surface area contributed by atoms with Crippen molar-refractivity contribution in [1.82, 2.24) is 4.90 Å². The first kappa shape index (κ1) is 12.5. The van der Waals surface area contributed by atoms with E-state index in [0.717, 1.165) is 19.0 Å². The van der Waals surface area contributed by atoms with Crippen LogP contribution in [0.1, 0.15) is 18.9 Å². The normalized spacial score (nSPS) is 25.4. The Bertz CT molecular complexity index is 395. The van der Waals surface area contributed by atoms with Crippen molar-refractivity contribution in [3.63, 3.8) is 0 Å². The summed E-state index contributed by atoms with van der Waals surface area (Å²) in [4.78, 5) is 2.16. The van der Waals surface area contributed by atoms with E-state index in [1.54, 1.807) is 12.1 Å². The summed E-state index contributed by atoms with van der Waals surface area (Å²) in [7, 11) is 0. The fraction of sp³-hybridized carbons (Fsp3) is 0.538. The summed E-state index contributed by atoms with van der Waals surface area (Å²) in [6.45, 7) is 4.09.